The number of benzene rings is 1. The van der Waals surface area contributed by atoms with Gasteiger partial charge in [0.1, 0.15) is 29.5 Å². The van der Waals surface area contributed by atoms with Gasteiger partial charge in [0, 0.05) is 30.7 Å². The van der Waals surface area contributed by atoms with Crippen molar-refractivity contribution in [2.75, 3.05) is 13.2 Å². The fraction of sp³-hybridized carbons (Fsp3) is 0.500. The van der Waals surface area contributed by atoms with Crippen LogP contribution in [0.25, 0.3) is 0 Å². The summed E-state index contributed by atoms with van der Waals surface area (Å²) in [5, 5.41) is 0.577. The van der Waals surface area contributed by atoms with Gasteiger partial charge in [0.05, 0.1) is 6.61 Å². The van der Waals surface area contributed by atoms with Crippen molar-refractivity contribution in [1.29, 1.82) is 0 Å². The molecule has 156 valence electrons. The first-order valence-corrected chi connectivity index (χ1v) is 10.9. The number of ether oxygens (including phenoxy) is 3. The van der Waals surface area contributed by atoms with E-state index in [4.69, 9.17) is 25.8 Å². The number of rotatable bonds is 6. The molecule has 1 spiro atoms. The first kappa shape index (κ1) is 20.8. The Bertz CT molecular complexity index is 868. The van der Waals surface area contributed by atoms with Crippen molar-refractivity contribution < 1.29 is 23.0 Å². The number of thioether (sulfide) groups is 1. The normalized spacial score (nSPS) is 20.9. The van der Waals surface area contributed by atoms with Gasteiger partial charge in [0.2, 0.25) is 5.88 Å². The zero-order chi connectivity index (χ0) is 20.3. The molecular weight excluding hydrogens is 422 g/mol. The van der Waals surface area contributed by atoms with Crippen molar-refractivity contribution in [3.05, 3.63) is 46.6 Å². The lowest BCUT2D eigenvalue weighted by Crippen LogP contribution is -2.34. The van der Waals surface area contributed by atoms with Crippen molar-refractivity contribution >= 4 is 23.4 Å². The Morgan fingerprint density at radius 1 is 1.17 bits per heavy atom. The van der Waals surface area contributed by atoms with Gasteiger partial charge in [-0.3, -0.25) is 0 Å². The lowest BCUT2D eigenvalue weighted by atomic mass is 9.94. The Morgan fingerprint density at radius 2 is 2.00 bits per heavy atom. The van der Waals surface area contributed by atoms with Crippen LogP contribution in [-0.2, 0) is 15.2 Å². The van der Waals surface area contributed by atoms with E-state index in [-0.39, 0.29) is 17.0 Å². The highest BCUT2D eigenvalue weighted by Gasteiger charge is 2.42. The number of halogens is 3. The Hall–Kier alpha value is -1.48. The third kappa shape index (κ3) is 5.36. The summed E-state index contributed by atoms with van der Waals surface area (Å²) in [6, 6.07) is 5.00. The third-order valence-electron chi connectivity index (χ3n) is 4.97. The van der Waals surface area contributed by atoms with E-state index in [0.717, 1.165) is 31.7 Å². The van der Waals surface area contributed by atoms with Gasteiger partial charge < -0.3 is 14.2 Å². The van der Waals surface area contributed by atoms with Crippen LogP contribution in [0.4, 0.5) is 8.78 Å². The molecule has 2 fully saturated rings. The SMILES string of the molecule is Fc1ccc(CSc2nc(Cl)cc(OC[C@H]3COC4(CCCCC4)O3)n2)c(F)c1. The van der Waals surface area contributed by atoms with Crippen LogP contribution in [0.2, 0.25) is 5.15 Å². The summed E-state index contributed by atoms with van der Waals surface area (Å²) < 4.78 is 44.6. The maximum Gasteiger partial charge on any atom is 0.218 e. The molecule has 29 heavy (non-hydrogen) atoms. The largest absolute Gasteiger partial charge is 0.475 e. The van der Waals surface area contributed by atoms with Crippen LogP contribution in [0.5, 0.6) is 5.88 Å². The quantitative estimate of drug-likeness (QED) is 0.350. The van der Waals surface area contributed by atoms with E-state index < -0.39 is 17.4 Å². The van der Waals surface area contributed by atoms with Crippen molar-refractivity contribution in [3.8, 4) is 5.88 Å². The summed E-state index contributed by atoms with van der Waals surface area (Å²) >= 11 is 7.26. The summed E-state index contributed by atoms with van der Waals surface area (Å²) in [4.78, 5) is 8.44. The standard InChI is InChI=1S/C20H21ClF2N2O3S/c21-17-9-18(26-10-15-11-27-20(28-15)6-2-1-3-7-20)25-19(24-17)29-12-13-4-5-14(22)8-16(13)23/h4-5,8-9,15H,1-3,6-7,10-12H2/t15-/m0/s1. The molecule has 1 atom stereocenters. The van der Waals surface area contributed by atoms with E-state index >= 15 is 0 Å². The molecule has 1 aromatic carbocycles. The molecule has 9 heteroatoms. The van der Waals surface area contributed by atoms with Gasteiger partial charge in [0.25, 0.3) is 0 Å². The van der Waals surface area contributed by atoms with Gasteiger partial charge in [0.15, 0.2) is 10.9 Å². The summed E-state index contributed by atoms with van der Waals surface area (Å²) in [6.07, 6.45) is 5.13. The zero-order valence-corrected chi connectivity index (χ0v) is 17.3. The van der Waals surface area contributed by atoms with Crippen LogP contribution in [-0.4, -0.2) is 35.1 Å². The highest BCUT2D eigenvalue weighted by Crippen LogP contribution is 2.37. The Labute approximate surface area is 177 Å². The van der Waals surface area contributed by atoms with Gasteiger partial charge in [-0.2, -0.15) is 4.98 Å². The van der Waals surface area contributed by atoms with Crippen LogP contribution in [0, 0.1) is 11.6 Å². The second-order valence-electron chi connectivity index (χ2n) is 7.17. The van der Waals surface area contributed by atoms with Crippen LogP contribution < -0.4 is 4.74 Å². The zero-order valence-electron chi connectivity index (χ0n) is 15.7. The Balaban J connectivity index is 1.33. The van der Waals surface area contributed by atoms with Crippen molar-refractivity contribution in [2.24, 2.45) is 0 Å². The lowest BCUT2D eigenvalue weighted by Gasteiger charge is -2.31. The molecule has 1 aliphatic carbocycles. The lowest BCUT2D eigenvalue weighted by molar-refractivity contribution is -0.189. The van der Waals surface area contributed by atoms with Gasteiger partial charge in [-0.25, -0.2) is 13.8 Å². The van der Waals surface area contributed by atoms with Gasteiger partial charge in [-0.05, 0) is 24.5 Å². The van der Waals surface area contributed by atoms with Crippen molar-refractivity contribution in [3.63, 3.8) is 0 Å². The van der Waals surface area contributed by atoms with E-state index in [1.165, 1.54) is 36.4 Å². The van der Waals surface area contributed by atoms with Gasteiger partial charge in [-0.15, -0.1) is 0 Å². The number of nitrogens with zero attached hydrogens (tertiary/aromatic N) is 2. The first-order chi connectivity index (χ1) is 14.0. The maximum atomic E-state index is 13.8. The summed E-state index contributed by atoms with van der Waals surface area (Å²) in [5.41, 5.74) is 0.358. The molecular formula is C20H21ClF2N2O3S. The number of aromatic nitrogens is 2. The minimum Gasteiger partial charge on any atom is -0.475 e. The topological polar surface area (TPSA) is 53.5 Å². The second kappa shape index (κ2) is 9.12. The molecule has 0 bridgehead atoms. The summed E-state index contributed by atoms with van der Waals surface area (Å²) in [6.45, 7) is 0.788. The highest BCUT2D eigenvalue weighted by molar-refractivity contribution is 7.98. The minimum absolute atomic E-state index is 0.161. The van der Waals surface area contributed by atoms with Crippen LogP contribution in [0.3, 0.4) is 0 Å². The van der Waals surface area contributed by atoms with Gasteiger partial charge in [-0.1, -0.05) is 35.9 Å². The van der Waals surface area contributed by atoms with Crippen LogP contribution >= 0.6 is 23.4 Å². The fourth-order valence-electron chi connectivity index (χ4n) is 3.53. The monoisotopic (exact) mass is 442 g/mol. The molecule has 2 aromatic rings. The van der Waals surface area contributed by atoms with E-state index in [9.17, 15) is 8.78 Å². The molecule has 1 saturated carbocycles. The van der Waals surface area contributed by atoms with Gasteiger partial charge >= 0.3 is 0 Å². The van der Waals surface area contributed by atoms with Crippen molar-refractivity contribution in [2.45, 2.75) is 54.9 Å². The Morgan fingerprint density at radius 3 is 2.79 bits per heavy atom. The van der Waals surface area contributed by atoms with Crippen LogP contribution in [0.15, 0.2) is 29.4 Å². The average molecular weight is 443 g/mol. The average Bonchev–Trinajstić information content (AvgIpc) is 3.08. The molecule has 2 heterocycles. The second-order valence-corrected chi connectivity index (χ2v) is 8.50. The Kier molecular flexibility index (Phi) is 6.53. The van der Waals surface area contributed by atoms with E-state index in [1.807, 2.05) is 0 Å². The molecule has 0 radical (unpaired) electrons. The molecule has 1 aliphatic heterocycles. The van der Waals surface area contributed by atoms with E-state index in [1.54, 1.807) is 0 Å². The predicted molar refractivity (Wildman–Crippen MR) is 105 cm³/mol. The number of hydrogen-bond acceptors (Lipinski definition) is 6. The van der Waals surface area contributed by atoms with Crippen molar-refractivity contribution in [1.82, 2.24) is 9.97 Å². The maximum absolute atomic E-state index is 13.8. The molecule has 0 unspecified atom stereocenters. The molecule has 4 rings (SSSR count). The first-order valence-electron chi connectivity index (χ1n) is 9.57. The van der Waals surface area contributed by atoms with E-state index in [0.29, 0.717) is 29.8 Å². The fourth-order valence-corrected chi connectivity index (χ4v) is 4.59. The molecule has 1 saturated heterocycles. The summed E-state index contributed by atoms with van der Waals surface area (Å²) in [7, 11) is 0. The molecule has 2 aliphatic rings. The molecule has 0 N–H and O–H groups in total. The third-order valence-corrected chi connectivity index (χ3v) is 6.06. The summed E-state index contributed by atoms with van der Waals surface area (Å²) in [5.74, 6) is -1.10. The minimum atomic E-state index is -0.612. The molecule has 5 nitrogen and oxygen atoms in total. The highest BCUT2D eigenvalue weighted by atomic mass is 35.5. The predicted octanol–water partition coefficient (Wildman–Crippen LogP) is 5.16. The van der Waals surface area contributed by atoms with E-state index in [2.05, 4.69) is 9.97 Å². The molecule has 1 aromatic heterocycles. The van der Waals surface area contributed by atoms with Crippen LogP contribution in [0.1, 0.15) is 37.7 Å². The number of hydrogen-bond donors (Lipinski definition) is 0. The molecule has 0 amide bonds. The smallest absolute Gasteiger partial charge is 0.218 e.